The SMILES string of the molecule is NCC1(C2CC(F)(F)C2)CC1(F)F. The van der Waals surface area contributed by atoms with Crippen LogP contribution in [0.1, 0.15) is 19.3 Å². The molecule has 1 unspecified atom stereocenters. The third-order valence-corrected chi connectivity index (χ3v) is 3.38. The van der Waals surface area contributed by atoms with Crippen molar-refractivity contribution in [2.75, 3.05) is 6.54 Å². The molecule has 0 aromatic carbocycles. The molecule has 2 saturated carbocycles. The lowest BCUT2D eigenvalue weighted by Gasteiger charge is -2.40. The molecule has 0 aromatic heterocycles. The Bertz CT molecular complexity index is 232. The summed E-state index contributed by atoms with van der Waals surface area (Å²) in [6, 6.07) is 0. The normalized spacial score (nSPS) is 41.3. The Labute approximate surface area is 73.3 Å². The van der Waals surface area contributed by atoms with Gasteiger partial charge in [0.1, 0.15) is 0 Å². The lowest BCUT2D eigenvalue weighted by molar-refractivity contribution is -0.143. The summed E-state index contributed by atoms with van der Waals surface area (Å²) in [6.07, 6.45) is -1.14. The zero-order valence-electron chi connectivity index (χ0n) is 6.99. The first-order chi connectivity index (χ1) is 5.83. The Hall–Kier alpha value is -0.320. The minimum atomic E-state index is -2.80. The molecule has 1 nitrogen and oxygen atoms in total. The molecule has 2 aliphatic rings. The van der Waals surface area contributed by atoms with E-state index >= 15 is 0 Å². The topological polar surface area (TPSA) is 26.0 Å². The van der Waals surface area contributed by atoms with E-state index in [0.29, 0.717) is 0 Å². The molecule has 2 fully saturated rings. The van der Waals surface area contributed by atoms with Crippen molar-refractivity contribution in [1.29, 1.82) is 0 Å². The van der Waals surface area contributed by atoms with Crippen LogP contribution >= 0.6 is 0 Å². The van der Waals surface area contributed by atoms with Crippen molar-refractivity contribution in [1.82, 2.24) is 0 Å². The van der Waals surface area contributed by atoms with E-state index in [2.05, 4.69) is 0 Å². The van der Waals surface area contributed by atoms with Gasteiger partial charge in [-0.05, 0) is 5.92 Å². The standard InChI is InChI=1S/C8H11F4N/c9-7(10)1-5(2-7)6(4-13)3-8(6,11)12/h5H,1-4,13H2. The van der Waals surface area contributed by atoms with E-state index in [1.54, 1.807) is 0 Å². The summed E-state index contributed by atoms with van der Waals surface area (Å²) in [4.78, 5) is 0. The van der Waals surface area contributed by atoms with E-state index in [1.807, 2.05) is 0 Å². The molecule has 1 atom stereocenters. The molecule has 0 amide bonds. The molecule has 0 bridgehead atoms. The van der Waals surface area contributed by atoms with Gasteiger partial charge in [0.05, 0.1) is 5.41 Å². The van der Waals surface area contributed by atoms with Crippen LogP contribution in [0, 0.1) is 11.3 Å². The molecule has 0 aliphatic heterocycles. The zero-order valence-corrected chi connectivity index (χ0v) is 6.99. The van der Waals surface area contributed by atoms with E-state index in [-0.39, 0.29) is 13.0 Å². The van der Waals surface area contributed by atoms with Crippen molar-refractivity contribution in [2.24, 2.45) is 17.1 Å². The Morgan fingerprint density at radius 3 is 1.85 bits per heavy atom. The van der Waals surface area contributed by atoms with Crippen LogP contribution in [-0.2, 0) is 0 Å². The Kier molecular flexibility index (Phi) is 1.56. The van der Waals surface area contributed by atoms with Gasteiger partial charge >= 0.3 is 0 Å². The van der Waals surface area contributed by atoms with Crippen molar-refractivity contribution in [3.05, 3.63) is 0 Å². The summed E-state index contributed by atoms with van der Waals surface area (Å²) in [6.45, 7) is -0.180. The maximum atomic E-state index is 12.9. The van der Waals surface area contributed by atoms with Crippen molar-refractivity contribution in [3.8, 4) is 0 Å². The highest BCUT2D eigenvalue weighted by molar-refractivity contribution is 5.17. The van der Waals surface area contributed by atoms with Gasteiger partial charge in [-0.3, -0.25) is 0 Å². The van der Waals surface area contributed by atoms with E-state index in [1.165, 1.54) is 0 Å². The van der Waals surface area contributed by atoms with Gasteiger partial charge in [-0.2, -0.15) is 0 Å². The summed E-state index contributed by atoms with van der Waals surface area (Å²) >= 11 is 0. The fourth-order valence-corrected chi connectivity index (χ4v) is 2.24. The van der Waals surface area contributed by atoms with Gasteiger partial charge < -0.3 is 5.73 Å². The summed E-state index contributed by atoms with van der Waals surface area (Å²) in [5, 5.41) is 0. The quantitative estimate of drug-likeness (QED) is 0.673. The first kappa shape index (κ1) is 9.24. The number of halogens is 4. The van der Waals surface area contributed by atoms with Crippen LogP contribution < -0.4 is 5.73 Å². The maximum Gasteiger partial charge on any atom is 0.256 e. The largest absolute Gasteiger partial charge is 0.330 e. The van der Waals surface area contributed by atoms with Crippen LogP contribution in [0.4, 0.5) is 17.6 Å². The molecule has 0 spiro atoms. The van der Waals surface area contributed by atoms with E-state index in [4.69, 9.17) is 5.73 Å². The smallest absolute Gasteiger partial charge is 0.256 e. The summed E-state index contributed by atoms with van der Waals surface area (Å²) in [7, 11) is 0. The monoisotopic (exact) mass is 197 g/mol. The highest BCUT2D eigenvalue weighted by atomic mass is 19.3. The molecular weight excluding hydrogens is 186 g/mol. The number of nitrogens with two attached hydrogens (primary N) is 1. The molecule has 76 valence electrons. The first-order valence-electron chi connectivity index (χ1n) is 4.29. The second kappa shape index (κ2) is 2.19. The van der Waals surface area contributed by atoms with Crippen molar-refractivity contribution < 1.29 is 17.6 Å². The molecule has 0 saturated heterocycles. The van der Waals surface area contributed by atoms with E-state index < -0.39 is 36.0 Å². The van der Waals surface area contributed by atoms with Crippen LogP contribution in [-0.4, -0.2) is 18.4 Å². The third-order valence-electron chi connectivity index (χ3n) is 3.38. The van der Waals surface area contributed by atoms with Crippen molar-refractivity contribution in [3.63, 3.8) is 0 Å². The second-order valence-electron chi connectivity index (χ2n) is 4.20. The lowest BCUT2D eigenvalue weighted by Crippen LogP contribution is -2.45. The average molecular weight is 197 g/mol. The first-order valence-corrected chi connectivity index (χ1v) is 4.29. The Morgan fingerprint density at radius 2 is 1.62 bits per heavy atom. The van der Waals surface area contributed by atoms with Crippen LogP contribution in [0.15, 0.2) is 0 Å². The van der Waals surface area contributed by atoms with Gasteiger partial charge in [-0.15, -0.1) is 0 Å². The van der Waals surface area contributed by atoms with Gasteiger partial charge in [0.25, 0.3) is 5.92 Å². The van der Waals surface area contributed by atoms with Gasteiger partial charge in [0.15, 0.2) is 0 Å². The molecule has 5 heteroatoms. The molecule has 2 rings (SSSR count). The van der Waals surface area contributed by atoms with Gasteiger partial charge in [-0.25, -0.2) is 17.6 Å². The number of rotatable bonds is 2. The highest BCUT2D eigenvalue weighted by Crippen LogP contribution is 2.69. The second-order valence-corrected chi connectivity index (χ2v) is 4.20. The zero-order chi connectivity index (χ0) is 9.91. The Balaban J connectivity index is 2.03. The molecule has 2 aliphatic carbocycles. The minimum absolute atomic E-state index is 0.180. The van der Waals surface area contributed by atoms with E-state index in [0.717, 1.165) is 0 Å². The number of hydrogen-bond donors (Lipinski definition) is 1. The fraction of sp³-hybridized carbons (Fsp3) is 1.00. The minimum Gasteiger partial charge on any atom is -0.330 e. The predicted molar refractivity (Wildman–Crippen MR) is 38.7 cm³/mol. The molecule has 0 aromatic rings. The summed E-state index contributed by atoms with van der Waals surface area (Å²) < 4.78 is 50.6. The average Bonchev–Trinajstić information content (AvgIpc) is 2.50. The number of alkyl halides is 4. The molecule has 0 radical (unpaired) electrons. The van der Waals surface area contributed by atoms with Crippen LogP contribution in [0.25, 0.3) is 0 Å². The Morgan fingerprint density at radius 1 is 1.15 bits per heavy atom. The summed E-state index contributed by atoms with van der Waals surface area (Å²) in [5.41, 5.74) is 3.92. The van der Waals surface area contributed by atoms with Crippen molar-refractivity contribution >= 4 is 0 Å². The van der Waals surface area contributed by atoms with Gasteiger partial charge in [0.2, 0.25) is 5.92 Å². The van der Waals surface area contributed by atoms with Crippen molar-refractivity contribution in [2.45, 2.75) is 31.1 Å². The molecule has 13 heavy (non-hydrogen) atoms. The van der Waals surface area contributed by atoms with Gasteiger partial charge in [-0.1, -0.05) is 0 Å². The highest BCUT2D eigenvalue weighted by Gasteiger charge is 2.76. The molecular formula is C8H11F4N. The van der Waals surface area contributed by atoms with Crippen LogP contribution in [0.5, 0.6) is 0 Å². The summed E-state index contributed by atoms with van der Waals surface area (Å²) in [5.74, 6) is -6.11. The van der Waals surface area contributed by atoms with E-state index in [9.17, 15) is 17.6 Å². The molecule has 2 N–H and O–H groups in total. The predicted octanol–water partition coefficient (Wildman–Crippen LogP) is 2.02. The maximum absolute atomic E-state index is 12.9. The third kappa shape index (κ3) is 1.09. The van der Waals surface area contributed by atoms with Crippen LogP contribution in [0.2, 0.25) is 0 Å². The molecule has 0 heterocycles. The lowest BCUT2D eigenvalue weighted by atomic mass is 9.70. The fourth-order valence-electron chi connectivity index (χ4n) is 2.24. The van der Waals surface area contributed by atoms with Crippen LogP contribution in [0.3, 0.4) is 0 Å². The van der Waals surface area contributed by atoms with Gasteiger partial charge in [0, 0.05) is 25.8 Å². The number of hydrogen-bond acceptors (Lipinski definition) is 1.